The number of hydrogen-bond acceptors (Lipinski definition) is 2. The van der Waals surface area contributed by atoms with Crippen molar-refractivity contribution in [2.45, 2.75) is 19.9 Å². The van der Waals surface area contributed by atoms with Gasteiger partial charge in [-0.05, 0) is 19.4 Å². The maximum absolute atomic E-state index is 8.65. The fraction of sp³-hybridized carbons (Fsp3) is 0.455. The molecule has 2 nitrogen and oxygen atoms in total. The summed E-state index contributed by atoms with van der Waals surface area (Å²) >= 11 is 0. The molecule has 0 amide bonds. The van der Waals surface area contributed by atoms with E-state index in [9.17, 15) is 0 Å². The van der Waals surface area contributed by atoms with Crippen molar-refractivity contribution in [3.63, 3.8) is 0 Å². The Bertz CT molecular complexity index is 260. The maximum atomic E-state index is 8.65. The van der Waals surface area contributed by atoms with Gasteiger partial charge in [0, 0.05) is 12.6 Å². The molecule has 0 unspecified atom stereocenters. The smallest absolute Gasteiger partial charge is 0.0556 e. The lowest BCUT2D eigenvalue weighted by molar-refractivity contribution is 0.286. The van der Waals surface area contributed by atoms with Gasteiger partial charge in [-0.1, -0.05) is 29.8 Å². The molecule has 2 heteroatoms. The Morgan fingerprint density at radius 3 is 2.85 bits per heavy atom. The fourth-order valence-corrected chi connectivity index (χ4v) is 1.34. The second-order valence-electron chi connectivity index (χ2n) is 3.31. The van der Waals surface area contributed by atoms with E-state index in [0.717, 1.165) is 0 Å². The third kappa shape index (κ3) is 3.17. The highest BCUT2D eigenvalue weighted by molar-refractivity contribution is 5.24. The van der Waals surface area contributed by atoms with Gasteiger partial charge in [0.05, 0.1) is 6.61 Å². The van der Waals surface area contributed by atoms with Crippen LogP contribution < -0.4 is 5.32 Å². The number of nitrogens with one attached hydrogen (secondary N) is 1. The molecule has 0 aliphatic carbocycles. The lowest BCUT2D eigenvalue weighted by Crippen LogP contribution is -2.22. The van der Waals surface area contributed by atoms with E-state index >= 15 is 0 Å². The molecule has 0 heterocycles. The molecule has 1 atom stereocenters. The normalized spacial score (nSPS) is 12.8. The third-order valence-electron chi connectivity index (χ3n) is 2.10. The van der Waals surface area contributed by atoms with E-state index in [2.05, 4.69) is 43.4 Å². The van der Waals surface area contributed by atoms with E-state index in [-0.39, 0.29) is 6.61 Å². The number of aliphatic hydroxyl groups is 1. The second kappa shape index (κ2) is 5.00. The average Bonchev–Trinajstić information content (AvgIpc) is 2.14. The van der Waals surface area contributed by atoms with E-state index in [1.165, 1.54) is 11.1 Å². The van der Waals surface area contributed by atoms with Crippen LogP contribution in [0.15, 0.2) is 24.3 Å². The van der Waals surface area contributed by atoms with Crippen LogP contribution in [0.4, 0.5) is 0 Å². The molecule has 13 heavy (non-hydrogen) atoms. The van der Waals surface area contributed by atoms with Crippen molar-refractivity contribution in [1.29, 1.82) is 0 Å². The van der Waals surface area contributed by atoms with Gasteiger partial charge >= 0.3 is 0 Å². The molecule has 0 bridgehead atoms. The Morgan fingerprint density at radius 1 is 1.46 bits per heavy atom. The standard InChI is InChI=1S/C11H17NO/c1-9-4-3-5-11(8-9)10(2)12-6-7-13/h3-5,8,10,12-13H,6-7H2,1-2H3/t10-/m0/s1. The summed E-state index contributed by atoms with van der Waals surface area (Å²) in [5, 5.41) is 11.9. The zero-order valence-corrected chi connectivity index (χ0v) is 8.25. The van der Waals surface area contributed by atoms with Crippen LogP contribution in [0, 0.1) is 6.92 Å². The van der Waals surface area contributed by atoms with Crippen LogP contribution in [0.1, 0.15) is 24.1 Å². The maximum Gasteiger partial charge on any atom is 0.0556 e. The minimum atomic E-state index is 0.191. The molecule has 0 aliphatic heterocycles. The molecule has 72 valence electrons. The van der Waals surface area contributed by atoms with Crippen LogP contribution in [0.25, 0.3) is 0 Å². The Kier molecular flexibility index (Phi) is 3.93. The Balaban J connectivity index is 2.60. The monoisotopic (exact) mass is 179 g/mol. The summed E-state index contributed by atoms with van der Waals surface area (Å²) in [6.07, 6.45) is 0. The van der Waals surface area contributed by atoms with Gasteiger partial charge in [-0.15, -0.1) is 0 Å². The summed E-state index contributed by atoms with van der Waals surface area (Å²) in [5.41, 5.74) is 2.54. The summed E-state index contributed by atoms with van der Waals surface area (Å²) in [4.78, 5) is 0. The van der Waals surface area contributed by atoms with Gasteiger partial charge < -0.3 is 10.4 Å². The minimum absolute atomic E-state index is 0.191. The highest BCUT2D eigenvalue weighted by Crippen LogP contribution is 2.12. The van der Waals surface area contributed by atoms with Crippen molar-refractivity contribution < 1.29 is 5.11 Å². The van der Waals surface area contributed by atoms with Gasteiger partial charge in [-0.2, -0.15) is 0 Å². The quantitative estimate of drug-likeness (QED) is 0.736. The van der Waals surface area contributed by atoms with Crippen molar-refractivity contribution in [1.82, 2.24) is 5.32 Å². The molecule has 0 spiro atoms. The minimum Gasteiger partial charge on any atom is -0.395 e. The van der Waals surface area contributed by atoms with Gasteiger partial charge in [0.2, 0.25) is 0 Å². The van der Waals surface area contributed by atoms with Gasteiger partial charge in [-0.3, -0.25) is 0 Å². The number of rotatable bonds is 4. The van der Waals surface area contributed by atoms with Crippen LogP contribution in [-0.2, 0) is 0 Å². The van der Waals surface area contributed by atoms with Crippen molar-refractivity contribution >= 4 is 0 Å². The molecule has 1 rings (SSSR count). The summed E-state index contributed by atoms with van der Waals surface area (Å²) in [6, 6.07) is 8.72. The Labute approximate surface area is 79.6 Å². The molecule has 1 aromatic carbocycles. The first-order valence-electron chi connectivity index (χ1n) is 4.65. The zero-order valence-electron chi connectivity index (χ0n) is 8.25. The predicted octanol–water partition coefficient (Wildman–Crippen LogP) is 1.64. The lowest BCUT2D eigenvalue weighted by Gasteiger charge is -2.13. The van der Waals surface area contributed by atoms with E-state index < -0.39 is 0 Å². The molecule has 0 fully saturated rings. The zero-order chi connectivity index (χ0) is 9.68. The topological polar surface area (TPSA) is 32.3 Å². The first-order valence-corrected chi connectivity index (χ1v) is 4.65. The molecule has 0 aromatic heterocycles. The van der Waals surface area contributed by atoms with Crippen molar-refractivity contribution in [2.24, 2.45) is 0 Å². The lowest BCUT2D eigenvalue weighted by atomic mass is 10.1. The summed E-state index contributed by atoms with van der Waals surface area (Å²) < 4.78 is 0. The average molecular weight is 179 g/mol. The summed E-state index contributed by atoms with van der Waals surface area (Å²) in [6.45, 7) is 5.03. The van der Waals surface area contributed by atoms with E-state index in [4.69, 9.17) is 5.11 Å². The molecule has 1 aromatic rings. The highest BCUT2D eigenvalue weighted by atomic mass is 16.3. The first-order chi connectivity index (χ1) is 6.24. The molecule has 0 radical (unpaired) electrons. The van der Waals surface area contributed by atoms with E-state index in [1.807, 2.05) is 0 Å². The van der Waals surface area contributed by atoms with Crippen LogP contribution in [0.3, 0.4) is 0 Å². The number of hydrogen-bond donors (Lipinski definition) is 2. The number of aliphatic hydroxyl groups excluding tert-OH is 1. The van der Waals surface area contributed by atoms with Gasteiger partial charge in [0.1, 0.15) is 0 Å². The molecule has 0 saturated heterocycles. The van der Waals surface area contributed by atoms with Gasteiger partial charge in [-0.25, -0.2) is 0 Å². The number of aryl methyl sites for hydroxylation is 1. The van der Waals surface area contributed by atoms with Crippen LogP contribution in [0.2, 0.25) is 0 Å². The molecular weight excluding hydrogens is 162 g/mol. The van der Waals surface area contributed by atoms with Crippen LogP contribution >= 0.6 is 0 Å². The fourth-order valence-electron chi connectivity index (χ4n) is 1.34. The largest absolute Gasteiger partial charge is 0.395 e. The third-order valence-corrected chi connectivity index (χ3v) is 2.10. The summed E-state index contributed by atoms with van der Waals surface area (Å²) in [7, 11) is 0. The molecule has 0 aliphatic rings. The summed E-state index contributed by atoms with van der Waals surface area (Å²) in [5.74, 6) is 0. The number of benzene rings is 1. The van der Waals surface area contributed by atoms with Gasteiger partial charge in [0.25, 0.3) is 0 Å². The van der Waals surface area contributed by atoms with Crippen molar-refractivity contribution in [3.05, 3.63) is 35.4 Å². The molecule has 0 saturated carbocycles. The van der Waals surface area contributed by atoms with Crippen LogP contribution in [0.5, 0.6) is 0 Å². The molecular formula is C11H17NO. The second-order valence-corrected chi connectivity index (χ2v) is 3.31. The van der Waals surface area contributed by atoms with Crippen LogP contribution in [-0.4, -0.2) is 18.3 Å². The SMILES string of the molecule is Cc1cccc([C@H](C)NCCO)c1. The van der Waals surface area contributed by atoms with Gasteiger partial charge in [0.15, 0.2) is 0 Å². The Hall–Kier alpha value is -0.860. The highest BCUT2D eigenvalue weighted by Gasteiger charge is 2.02. The van der Waals surface area contributed by atoms with Crippen molar-refractivity contribution in [3.8, 4) is 0 Å². The molecule has 2 N–H and O–H groups in total. The Morgan fingerprint density at radius 2 is 2.23 bits per heavy atom. The van der Waals surface area contributed by atoms with E-state index in [1.54, 1.807) is 0 Å². The first kappa shape index (κ1) is 10.2. The van der Waals surface area contributed by atoms with E-state index in [0.29, 0.717) is 12.6 Å². The van der Waals surface area contributed by atoms with Crippen molar-refractivity contribution in [2.75, 3.05) is 13.2 Å². The predicted molar refractivity (Wildman–Crippen MR) is 54.7 cm³/mol.